The lowest BCUT2D eigenvalue weighted by molar-refractivity contribution is -0.150. The van der Waals surface area contributed by atoms with Crippen molar-refractivity contribution in [2.24, 2.45) is 0 Å². The highest BCUT2D eigenvalue weighted by Gasteiger charge is 2.47. The highest BCUT2D eigenvalue weighted by atomic mass is 16.5. The van der Waals surface area contributed by atoms with Crippen LogP contribution in [0, 0.1) is 0 Å². The number of carbonyl (C=O) groups is 2. The smallest absolute Gasteiger partial charge is 0.323 e. The Morgan fingerprint density at radius 1 is 0.800 bits per heavy atom. The molecule has 0 spiro atoms. The van der Waals surface area contributed by atoms with Crippen molar-refractivity contribution in [1.82, 2.24) is 5.32 Å². The van der Waals surface area contributed by atoms with Crippen LogP contribution >= 0.6 is 0 Å². The lowest BCUT2D eigenvalue weighted by atomic mass is 9.79. The van der Waals surface area contributed by atoms with Gasteiger partial charge in [0.25, 0.3) is 0 Å². The summed E-state index contributed by atoms with van der Waals surface area (Å²) in [5, 5.41) is 3.50. The number of ether oxygens (including phenoxy) is 2. The Balaban J connectivity index is 1.96. The zero-order valence-corrected chi connectivity index (χ0v) is 16.9. The molecule has 152 valence electrons. The van der Waals surface area contributed by atoms with Gasteiger partial charge in [-0.2, -0.15) is 0 Å². The third-order valence-corrected chi connectivity index (χ3v) is 5.63. The van der Waals surface area contributed by atoms with E-state index in [1.54, 1.807) is 0 Å². The molecule has 1 atom stereocenters. The molecule has 3 aromatic carbocycles. The number of rotatable bonds is 6. The molecule has 1 aliphatic carbocycles. The van der Waals surface area contributed by atoms with Crippen molar-refractivity contribution in [2.75, 3.05) is 14.2 Å². The van der Waals surface area contributed by atoms with Crippen LogP contribution in [0.5, 0.6) is 0 Å². The molecule has 1 aliphatic rings. The average molecular weight is 401 g/mol. The first-order chi connectivity index (χ1) is 14.6. The number of carbonyl (C=O) groups excluding carboxylic acids is 2. The van der Waals surface area contributed by atoms with Gasteiger partial charge in [-0.15, -0.1) is 0 Å². The monoisotopic (exact) mass is 401 g/mol. The van der Waals surface area contributed by atoms with Crippen LogP contribution < -0.4 is 5.32 Å². The van der Waals surface area contributed by atoms with Gasteiger partial charge in [-0.1, -0.05) is 78.9 Å². The second-order valence-corrected chi connectivity index (χ2v) is 7.21. The normalized spacial score (nSPS) is 14.3. The average Bonchev–Trinajstić information content (AvgIpc) is 3.09. The third-order valence-electron chi connectivity index (χ3n) is 5.63. The number of hydrogen-bond donors (Lipinski definition) is 1. The Morgan fingerprint density at radius 3 is 1.87 bits per heavy atom. The first-order valence-corrected chi connectivity index (χ1v) is 9.79. The molecule has 0 aliphatic heterocycles. The van der Waals surface area contributed by atoms with E-state index in [0.29, 0.717) is 0 Å². The Morgan fingerprint density at radius 2 is 1.33 bits per heavy atom. The van der Waals surface area contributed by atoms with Gasteiger partial charge in [-0.3, -0.25) is 14.9 Å². The lowest BCUT2D eigenvalue weighted by Crippen LogP contribution is -2.52. The van der Waals surface area contributed by atoms with E-state index in [4.69, 9.17) is 9.47 Å². The van der Waals surface area contributed by atoms with Gasteiger partial charge in [-0.25, -0.2) is 0 Å². The highest BCUT2D eigenvalue weighted by Crippen LogP contribution is 2.51. The highest BCUT2D eigenvalue weighted by molar-refractivity contribution is 5.86. The fourth-order valence-electron chi connectivity index (χ4n) is 4.32. The minimum atomic E-state index is -0.887. The Hall–Kier alpha value is -3.44. The van der Waals surface area contributed by atoms with Gasteiger partial charge in [-0.05, 0) is 27.8 Å². The van der Waals surface area contributed by atoms with Crippen LogP contribution in [0.1, 0.15) is 23.1 Å². The maximum Gasteiger partial charge on any atom is 0.323 e. The van der Waals surface area contributed by atoms with Gasteiger partial charge in [0, 0.05) is 0 Å². The topological polar surface area (TPSA) is 64.6 Å². The van der Waals surface area contributed by atoms with Gasteiger partial charge < -0.3 is 9.47 Å². The summed E-state index contributed by atoms with van der Waals surface area (Å²) < 4.78 is 9.85. The van der Waals surface area contributed by atoms with Gasteiger partial charge in [0.1, 0.15) is 6.04 Å². The summed E-state index contributed by atoms with van der Waals surface area (Å²) in [6.45, 7) is 0. The summed E-state index contributed by atoms with van der Waals surface area (Å²) >= 11 is 0. The summed E-state index contributed by atoms with van der Waals surface area (Å²) in [7, 11) is 2.63. The van der Waals surface area contributed by atoms with Crippen molar-refractivity contribution in [2.45, 2.75) is 18.0 Å². The van der Waals surface area contributed by atoms with Crippen molar-refractivity contribution in [3.8, 4) is 11.1 Å². The molecule has 4 rings (SSSR count). The van der Waals surface area contributed by atoms with Crippen LogP contribution in [-0.4, -0.2) is 32.2 Å². The first kappa shape index (κ1) is 19.9. The molecule has 3 aromatic rings. The molecule has 0 fully saturated rings. The second-order valence-electron chi connectivity index (χ2n) is 7.21. The molecule has 5 nitrogen and oxygen atoms in total. The van der Waals surface area contributed by atoms with Gasteiger partial charge in [0.15, 0.2) is 0 Å². The molecule has 0 radical (unpaired) electrons. The molecular formula is C25H23NO4. The summed E-state index contributed by atoms with van der Waals surface area (Å²) in [5.74, 6) is -1.00. The quantitative estimate of drug-likeness (QED) is 0.639. The van der Waals surface area contributed by atoms with Crippen LogP contribution in [0.25, 0.3) is 11.1 Å². The van der Waals surface area contributed by atoms with Gasteiger partial charge in [0.2, 0.25) is 0 Å². The van der Waals surface area contributed by atoms with Crippen LogP contribution in [0.3, 0.4) is 0 Å². The molecule has 0 saturated carbocycles. The second kappa shape index (κ2) is 8.13. The number of hydrogen-bond acceptors (Lipinski definition) is 5. The Labute approximate surface area is 175 Å². The molecule has 30 heavy (non-hydrogen) atoms. The van der Waals surface area contributed by atoms with E-state index in [9.17, 15) is 9.59 Å². The number of fused-ring (bicyclic) bond motifs is 3. The zero-order chi connectivity index (χ0) is 21.1. The van der Waals surface area contributed by atoms with Crippen molar-refractivity contribution in [1.29, 1.82) is 0 Å². The fourth-order valence-corrected chi connectivity index (χ4v) is 4.32. The number of methoxy groups -OCH3 is 2. The fraction of sp³-hybridized carbons (Fsp3) is 0.200. The number of benzene rings is 3. The predicted molar refractivity (Wildman–Crippen MR) is 114 cm³/mol. The molecule has 0 bridgehead atoms. The van der Waals surface area contributed by atoms with E-state index in [-0.39, 0.29) is 6.42 Å². The van der Waals surface area contributed by atoms with E-state index in [1.165, 1.54) is 14.2 Å². The number of nitrogens with one attached hydrogen (secondary N) is 1. The molecular weight excluding hydrogens is 378 g/mol. The van der Waals surface area contributed by atoms with Gasteiger partial charge >= 0.3 is 11.9 Å². The van der Waals surface area contributed by atoms with E-state index < -0.39 is 23.5 Å². The Kier molecular flexibility index (Phi) is 5.38. The van der Waals surface area contributed by atoms with Gasteiger partial charge in [0.05, 0.1) is 26.2 Å². The van der Waals surface area contributed by atoms with Crippen molar-refractivity contribution in [3.63, 3.8) is 0 Å². The van der Waals surface area contributed by atoms with Crippen molar-refractivity contribution in [3.05, 3.63) is 95.6 Å². The van der Waals surface area contributed by atoms with E-state index in [2.05, 4.69) is 29.6 Å². The summed E-state index contributed by atoms with van der Waals surface area (Å²) in [6.07, 6.45) is -0.137. The Bertz CT molecular complexity index is 1030. The van der Waals surface area contributed by atoms with Crippen LogP contribution in [-0.2, 0) is 24.6 Å². The molecule has 0 heterocycles. The summed E-state index contributed by atoms with van der Waals surface area (Å²) in [4.78, 5) is 24.7. The van der Waals surface area contributed by atoms with E-state index >= 15 is 0 Å². The SMILES string of the molecule is COC(=O)CC(NC1(c2ccccc2)c2ccccc2-c2ccccc21)C(=O)OC. The zero-order valence-electron chi connectivity index (χ0n) is 16.9. The van der Waals surface area contributed by atoms with Crippen molar-refractivity contribution < 1.29 is 19.1 Å². The summed E-state index contributed by atoms with van der Waals surface area (Å²) in [5.41, 5.74) is 4.38. The largest absolute Gasteiger partial charge is 0.469 e. The van der Waals surface area contributed by atoms with Crippen LogP contribution in [0.15, 0.2) is 78.9 Å². The lowest BCUT2D eigenvalue weighted by Gasteiger charge is -2.36. The van der Waals surface area contributed by atoms with Crippen LogP contribution in [0.2, 0.25) is 0 Å². The predicted octanol–water partition coefficient (Wildman–Crippen LogP) is 3.65. The molecule has 1 N–H and O–H groups in total. The standard InChI is InChI=1S/C25H23NO4/c1-29-23(27)16-22(24(28)30-2)26-25(17-10-4-3-5-11-17)20-14-8-6-12-18(20)19-13-7-9-15-21(19)25/h3-15,22,26H,16H2,1-2H3. The summed E-state index contributed by atoms with van der Waals surface area (Å²) in [6, 6.07) is 25.3. The molecule has 0 aromatic heterocycles. The maximum absolute atomic E-state index is 12.7. The first-order valence-electron chi connectivity index (χ1n) is 9.79. The molecule has 0 saturated heterocycles. The minimum absolute atomic E-state index is 0.137. The van der Waals surface area contributed by atoms with Crippen LogP contribution in [0.4, 0.5) is 0 Å². The van der Waals surface area contributed by atoms with E-state index in [1.807, 2.05) is 54.6 Å². The maximum atomic E-state index is 12.7. The number of esters is 2. The van der Waals surface area contributed by atoms with Crippen molar-refractivity contribution >= 4 is 11.9 Å². The van der Waals surface area contributed by atoms with E-state index in [0.717, 1.165) is 27.8 Å². The molecule has 0 amide bonds. The minimum Gasteiger partial charge on any atom is -0.469 e. The third kappa shape index (κ3) is 3.17. The molecule has 1 unspecified atom stereocenters. The molecule has 5 heteroatoms.